The van der Waals surface area contributed by atoms with Gasteiger partial charge in [-0.1, -0.05) is 54.1 Å². The van der Waals surface area contributed by atoms with E-state index in [-0.39, 0.29) is 4.90 Å². The molecule has 5 rings (SSSR count). The van der Waals surface area contributed by atoms with Gasteiger partial charge in [-0.15, -0.1) is 11.3 Å². The molecule has 0 amide bonds. The van der Waals surface area contributed by atoms with Crippen LogP contribution in [0.4, 0.5) is 17.2 Å². The highest BCUT2D eigenvalue weighted by Gasteiger charge is 2.27. The second kappa shape index (κ2) is 9.89. The maximum Gasteiger partial charge on any atom is 0.266 e. The Labute approximate surface area is 219 Å². The minimum absolute atomic E-state index is 0.169. The molecule has 0 aliphatic carbocycles. The van der Waals surface area contributed by atoms with Gasteiger partial charge in [0.25, 0.3) is 10.0 Å². The third kappa shape index (κ3) is 4.43. The fraction of sp³-hybridized carbons (Fsp3) is 0.111. The van der Waals surface area contributed by atoms with E-state index in [0.717, 1.165) is 26.2 Å². The summed E-state index contributed by atoms with van der Waals surface area (Å²) in [5.74, 6) is 0.541. The summed E-state index contributed by atoms with van der Waals surface area (Å²) in [4.78, 5) is 11.1. The molecule has 0 spiro atoms. The lowest BCUT2D eigenvalue weighted by atomic mass is 10.0. The van der Waals surface area contributed by atoms with Crippen molar-refractivity contribution in [3.63, 3.8) is 0 Å². The van der Waals surface area contributed by atoms with Crippen LogP contribution in [0.5, 0.6) is 0 Å². The van der Waals surface area contributed by atoms with Gasteiger partial charge in [-0.3, -0.25) is 4.31 Å². The van der Waals surface area contributed by atoms with Crippen molar-refractivity contribution in [2.75, 3.05) is 16.2 Å². The van der Waals surface area contributed by atoms with Crippen LogP contribution in [0.25, 0.3) is 21.3 Å². The predicted octanol–water partition coefficient (Wildman–Crippen LogP) is 7.28. The highest BCUT2D eigenvalue weighted by atomic mass is 35.5. The number of hydrogen-bond acceptors (Lipinski definition) is 6. The van der Waals surface area contributed by atoms with Crippen LogP contribution in [0, 0.1) is 6.92 Å². The van der Waals surface area contributed by atoms with Gasteiger partial charge in [0.2, 0.25) is 0 Å². The number of benzene rings is 3. The second-order valence-corrected chi connectivity index (χ2v) is 11.5. The molecular formula is C27H23ClN4O2S2. The standard InChI is InChI=1S/C27H23ClN4O2S2/c1-3-32(21-9-5-4-6-10-21)36(33,34)23-12-8-7-11-22(23)31-26-25-24(19-13-15-20(28)16-14-19)18(2)35-27(25)30-17-29-26/h4-17H,3H2,1-2H3,(H,29,30,31). The topological polar surface area (TPSA) is 75.2 Å². The molecule has 182 valence electrons. The first-order valence-electron chi connectivity index (χ1n) is 11.3. The monoisotopic (exact) mass is 534 g/mol. The predicted molar refractivity (Wildman–Crippen MR) is 149 cm³/mol. The van der Waals surface area contributed by atoms with Gasteiger partial charge in [-0.05, 0) is 55.8 Å². The van der Waals surface area contributed by atoms with E-state index in [0.29, 0.717) is 28.8 Å². The summed E-state index contributed by atoms with van der Waals surface area (Å²) >= 11 is 7.68. The van der Waals surface area contributed by atoms with Crippen LogP contribution >= 0.6 is 22.9 Å². The van der Waals surface area contributed by atoms with Crippen LogP contribution in [0.3, 0.4) is 0 Å². The zero-order valence-electron chi connectivity index (χ0n) is 19.6. The number of para-hydroxylation sites is 2. The lowest BCUT2D eigenvalue weighted by Gasteiger charge is -2.24. The van der Waals surface area contributed by atoms with Gasteiger partial charge in [0.15, 0.2) is 0 Å². The molecule has 0 atom stereocenters. The van der Waals surface area contributed by atoms with E-state index in [4.69, 9.17) is 11.6 Å². The minimum atomic E-state index is -3.85. The lowest BCUT2D eigenvalue weighted by molar-refractivity contribution is 0.592. The number of nitrogens with zero attached hydrogens (tertiary/aromatic N) is 3. The Kier molecular flexibility index (Phi) is 6.66. The summed E-state index contributed by atoms with van der Waals surface area (Å²) in [5.41, 5.74) is 3.04. The maximum absolute atomic E-state index is 13.8. The summed E-state index contributed by atoms with van der Waals surface area (Å²) in [6.45, 7) is 4.15. The van der Waals surface area contributed by atoms with Crippen LogP contribution < -0.4 is 9.62 Å². The summed E-state index contributed by atoms with van der Waals surface area (Å²) in [5, 5.41) is 4.80. The molecule has 5 aromatic rings. The minimum Gasteiger partial charge on any atom is -0.338 e. The zero-order chi connectivity index (χ0) is 25.3. The van der Waals surface area contributed by atoms with Crippen molar-refractivity contribution in [3.05, 3.63) is 95.1 Å². The molecule has 0 bridgehead atoms. The Balaban J connectivity index is 1.62. The van der Waals surface area contributed by atoms with E-state index in [1.165, 1.54) is 10.6 Å². The molecule has 9 heteroatoms. The molecule has 2 aromatic heterocycles. The lowest BCUT2D eigenvalue weighted by Crippen LogP contribution is -2.31. The highest BCUT2D eigenvalue weighted by Crippen LogP contribution is 2.42. The van der Waals surface area contributed by atoms with Crippen LogP contribution in [-0.2, 0) is 10.0 Å². The Bertz CT molecular complexity index is 1640. The van der Waals surface area contributed by atoms with Gasteiger partial charge in [-0.2, -0.15) is 0 Å². The van der Waals surface area contributed by atoms with Gasteiger partial charge in [0.1, 0.15) is 21.9 Å². The summed E-state index contributed by atoms with van der Waals surface area (Å²) in [7, 11) is -3.85. The first-order chi connectivity index (χ1) is 17.4. The smallest absolute Gasteiger partial charge is 0.266 e. The van der Waals surface area contributed by atoms with E-state index in [9.17, 15) is 8.42 Å². The van der Waals surface area contributed by atoms with Gasteiger partial charge in [0.05, 0.1) is 16.8 Å². The molecule has 0 fully saturated rings. The van der Waals surface area contributed by atoms with Crippen LogP contribution in [-0.4, -0.2) is 24.9 Å². The number of aryl methyl sites for hydroxylation is 1. The molecule has 0 aliphatic rings. The second-order valence-electron chi connectivity index (χ2n) is 8.07. The first kappa shape index (κ1) is 24.2. The quantitative estimate of drug-likeness (QED) is 0.237. The maximum atomic E-state index is 13.8. The van der Waals surface area contributed by atoms with E-state index < -0.39 is 10.0 Å². The summed E-state index contributed by atoms with van der Waals surface area (Å²) in [6, 6.07) is 23.6. The largest absolute Gasteiger partial charge is 0.338 e. The zero-order valence-corrected chi connectivity index (χ0v) is 22.0. The Hall–Kier alpha value is -3.46. The van der Waals surface area contributed by atoms with E-state index in [1.54, 1.807) is 47.7 Å². The van der Waals surface area contributed by atoms with E-state index >= 15 is 0 Å². The van der Waals surface area contributed by atoms with Crippen LogP contribution in [0.2, 0.25) is 5.02 Å². The van der Waals surface area contributed by atoms with Gasteiger partial charge >= 0.3 is 0 Å². The van der Waals surface area contributed by atoms with Crippen LogP contribution in [0.15, 0.2) is 90.1 Å². The van der Waals surface area contributed by atoms with Crippen molar-refractivity contribution in [1.29, 1.82) is 0 Å². The number of anilines is 3. The van der Waals surface area contributed by atoms with Crippen molar-refractivity contribution < 1.29 is 8.42 Å². The molecule has 6 nitrogen and oxygen atoms in total. The molecular weight excluding hydrogens is 512 g/mol. The van der Waals surface area contributed by atoms with Gasteiger partial charge < -0.3 is 5.32 Å². The Morgan fingerprint density at radius 1 is 0.944 bits per heavy atom. The number of fused-ring (bicyclic) bond motifs is 1. The molecule has 0 radical (unpaired) electrons. The first-order valence-corrected chi connectivity index (χ1v) is 14.0. The third-order valence-corrected chi connectivity index (χ3v) is 9.06. The average Bonchev–Trinajstić information content (AvgIpc) is 3.22. The normalized spacial score (nSPS) is 11.5. The van der Waals surface area contributed by atoms with Crippen molar-refractivity contribution in [2.24, 2.45) is 0 Å². The van der Waals surface area contributed by atoms with Crippen molar-refractivity contribution in [2.45, 2.75) is 18.7 Å². The molecule has 2 heterocycles. The molecule has 0 aliphatic heterocycles. The number of hydrogen-bond donors (Lipinski definition) is 1. The SMILES string of the molecule is CCN(c1ccccc1)S(=O)(=O)c1ccccc1Nc1ncnc2sc(C)c(-c3ccc(Cl)cc3)c12. The van der Waals surface area contributed by atoms with Crippen molar-refractivity contribution in [3.8, 4) is 11.1 Å². The van der Waals surface area contributed by atoms with Gasteiger partial charge in [-0.25, -0.2) is 18.4 Å². The molecule has 0 saturated carbocycles. The summed E-state index contributed by atoms with van der Waals surface area (Å²) in [6.07, 6.45) is 1.49. The number of sulfonamides is 1. The number of thiophene rings is 1. The van der Waals surface area contributed by atoms with E-state index in [2.05, 4.69) is 15.3 Å². The molecule has 36 heavy (non-hydrogen) atoms. The van der Waals surface area contributed by atoms with Crippen LogP contribution in [0.1, 0.15) is 11.8 Å². The number of aromatic nitrogens is 2. The highest BCUT2D eigenvalue weighted by molar-refractivity contribution is 7.93. The number of nitrogens with one attached hydrogen (secondary N) is 1. The van der Waals surface area contributed by atoms with Crippen molar-refractivity contribution in [1.82, 2.24) is 9.97 Å². The molecule has 0 saturated heterocycles. The fourth-order valence-electron chi connectivity index (χ4n) is 4.23. The summed E-state index contributed by atoms with van der Waals surface area (Å²) < 4.78 is 29.0. The number of rotatable bonds is 7. The fourth-order valence-corrected chi connectivity index (χ4v) is 6.99. The molecule has 1 N–H and O–H groups in total. The molecule has 0 unspecified atom stereocenters. The third-order valence-electron chi connectivity index (χ3n) is 5.84. The Morgan fingerprint density at radius 3 is 2.36 bits per heavy atom. The van der Waals surface area contributed by atoms with E-state index in [1.807, 2.05) is 56.3 Å². The van der Waals surface area contributed by atoms with Gasteiger partial charge in [0, 0.05) is 22.0 Å². The Morgan fingerprint density at radius 2 is 1.64 bits per heavy atom. The van der Waals surface area contributed by atoms with Crippen molar-refractivity contribution >= 4 is 60.4 Å². The average molecular weight is 535 g/mol. The molecule has 3 aromatic carbocycles. The number of halogens is 1.